The molecule has 1 aliphatic heterocycles. The summed E-state index contributed by atoms with van der Waals surface area (Å²) in [5.41, 5.74) is 2.75. The number of hydrogen-bond acceptors (Lipinski definition) is 5. The third kappa shape index (κ3) is 2.13. The maximum atomic E-state index is 12.6. The molecule has 0 radical (unpaired) electrons. The van der Waals surface area contributed by atoms with Crippen molar-refractivity contribution < 1.29 is 4.79 Å². The second-order valence-electron chi connectivity index (χ2n) is 4.83. The van der Waals surface area contributed by atoms with Crippen LogP contribution < -0.4 is 0 Å². The number of rotatable bonds is 2. The summed E-state index contributed by atoms with van der Waals surface area (Å²) >= 11 is 1.47. The van der Waals surface area contributed by atoms with Gasteiger partial charge in [0.15, 0.2) is 0 Å². The number of nitrogens with zero attached hydrogens (tertiary/aromatic N) is 4. The van der Waals surface area contributed by atoms with E-state index in [1.54, 1.807) is 6.20 Å². The topological polar surface area (TPSA) is 90.6 Å². The third-order valence-electron chi connectivity index (χ3n) is 3.53. The molecule has 2 N–H and O–H groups in total. The van der Waals surface area contributed by atoms with Gasteiger partial charge in [0.05, 0.1) is 27.7 Å². The fourth-order valence-electron chi connectivity index (χ4n) is 2.42. The first-order chi connectivity index (χ1) is 10.3. The lowest BCUT2D eigenvalue weighted by atomic mass is 10.1. The van der Waals surface area contributed by atoms with Crippen molar-refractivity contribution in [1.29, 1.82) is 0 Å². The molecular weight excluding hydrogens is 288 g/mol. The normalized spacial score (nSPS) is 14.2. The van der Waals surface area contributed by atoms with Crippen molar-refractivity contribution in [2.75, 3.05) is 6.54 Å². The molecule has 21 heavy (non-hydrogen) atoms. The first-order valence-corrected chi connectivity index (χ1v) is 7.40. The van der Waals surface area contributed by atoms with Crippen LogP contribution in [0.25, 0.3) is 10.6 Å². The second-order valence-corrected chi connectivity index (χ2v) is 5.91. The summed E-state index contributed by atoms with van der Waals surface area (Å²) in [6, 6.07) is 5.70. The van der Waals surface area contributed by atoms with Crippen LogP contribution in [0, 0.1) is 0 Å². The van der Waals surface area contributed by atoms with Crippen LogP contribution in [0.4, 0.5) is 0 Å². The summed E-state index contributed by atoms with van der Waals surface area (Å²) in [6.45, 7) is 1.19. The van der Waals surface area contributed by atoms with Gasteiger partial charge >= 0.3 is 0 Å². The zero-order chi connectivity index (χ0) is 14.2. The number of fused-ring (bicyclic) bond motifs is 1. The highest BCUT2D eigenvalue weighted by atomic mass is 32.1. The molecule has 0 aromatic carbocycles. The van der Waals surface area contributed by atoms with Gasteiger partial charge < -0.3 is 4.90 Å². The van der Waals surface area contributed by atoms with Gasteiger partial charge in [-0.3, -0.25) is 9.89 Å². The average molecular weight is 300 g/mol. The smallest absolute Gasteiger partial charge is 0.264 e. The van der Waals surface area contributed by atoms with E-state index in [1.165, 1.54) is 11.3 Å². The van der Waals surface area contributed by atoms with Gasteiger partial charge in [0.25, 0.3) is 5.91 Å². The highest BCUT2D eigenvalue weighted by Crippen LogP contribution is 2.28. The van der Waals surface area contributed by atoms with Crippen LogP contribution in [0.1, 0.15) is 21.1 Å². The monoisotopic (exact) mass is 300 g/mol. The zero-order valence-electron chi connectivity index (χ0n) is 11.0. The minimum Gasteiger partial charge on any atom is -0.332 e. The van der Waals surface area contributed by atoms with Gasteiger partial charge in [0.2, 0.25) is 0 Å². The molecule has 3 aromatic rings. The molecular formula is C13H12N6OS. The maximum absolute atomic E-state index is 12.6. The number of thiophene rings is 1. The molecule has 0 unspecified atom stereocenters. The average Bonchev–Trinajstić information content (AvgIpc) is 3.24. The number of H-pyrrole nitrogens is 2. The predicted molar refractivity (Wildman–Crippen MR) is 76.7 cm³/mol. The maximum Gasteiger partial charge on any atom is 0.264 e. The summed E-state index contributed by atoms with van der Waals surface area (Å²) in [6.07, 6.45) is 2.45. The van der Waals surface area contributed by atoms with Crippen LogP contribution in [-0.4, -0.2) is 43.0 Å². The van der Waals surface area contributed by atoms with E-state index < -0.39 is 0 Å². The molecule has 7 nitrogen and oxygen atoms in total. The first kappa shape index (κ1) is 12.3. The lowest BCUT2D eigenvalue weighted by Gasteiger charge is -2.24. The van der Waals surface area contributed by atoms with E-state index in [2.05, 4.69) is 25.6 Å². The fourth-order valence-corrected chi connectivity index (χ4v) is 3.37. The summed E-state index contributed by atoms with van der Waals surface area (Å²) in [5, 5.41) is 17.6. The number of aromatic nitrogens is 5. The van der Waals surface area contributed by atoms with Crippen molar-refractivity contribution in [3.8, 4) is 10.6 Å². The summed E-state index contributed by atoms with van der Waals surface area (Å²) in [5.74, 6) is 0.0411. The molecule has 8 heteroatoms. The molecule has 0 aliphatic carbocycles. The molecule has 3 aromatic heterocycles. The highest BCUT2D eigenvalue weighted by Gasteiger charge is 2.25. The van der Waals surface area contributed by atoms with Crippen molar-refractivity contribution in [3.05, 3.63) is 40.7 Å². The van der Waals surface area contributed by atoms with E-state index in [9.17, 15) is 4.79 Å². The van der Waals surface area contributed by atoms with Crippen LogP contribution in [0.5, 0.6) is 0 Å². The van der Waals surface area contributed by atoms with Crippen molar-refractivity contribution in [2.24, 2.45) is 0 Å². The van der Waals surface area contributed by atoms with E-state index in [4.69, 9.17) is 0 Å². The minimum absolute atomic E-state index is 0.0411. The number of carbonyl (C=O) groups excluding carboxylic acids is 1. The van der Waals surface area contributed by atoms with Crippen molar-refractivity contribution in [1.82, 2.24) is 30.5 Å². The van der Waals surface area contributed by atoms with Gasteiger partial charge in [-0.2, -0.15) is 20.5 Å². The lowest BCUT2D eigenvalue weighted by molar-refractivity contribution is 0.0737. The van der Waals surface area contributed by atoms with E-state index >= 15 is 0 Å². The van der Waals surface area contributed by atoms with Gasteiger partial charge in [-0.15, -0.1) is 11.3 Å². The van der Waals surface area contributed by atoms with E-state index in [-0.39, 0.29) is 5.91 Å². The minimum atomic E-state index is 0.0411. The fraction of sp³-hybridized carbons (Fsp3) is 0.231. The molecule has 0 bridgehead atoms. The number of aromatic amines is 2. The zero-order valence-corrected chi connectivity index (χ0v) is 11.9. The molecule has 0 fully saturated rings. The molecule has 4 heterocycles. The van der Waals surface area contributed by atoms with E-state index in [0.717, 1.165) is 33.3 Å². The van der Waals surface area contributed by atoms with Crippen LogP contribution in [0.2, 0.25) is 0 Å². The SMILES string of the molecule is O=C(c1ccc(-c2ccn[nH]2)s1)N1CCc2n[nH]nc2C1. The Hall–Kier alpha value is -2.48. The first-order valence-electron chi connectivity index (χ1n) is 6.58. The third-order valence-corrected chi connectivity index (χ3v) is 4.64. The second kappa shape index (κ2) is 4.81. The number of carbonyl (C=O) groups is 1. The Morgan fingerprint density at radius 3 is 3.00 bits per heavy atom. The Bertz CT molecular complexity index is 774. The van der Waals surface area contributed by atoms with Gasteiger partial charge in [0.1, 0.15) is 5.69 Å². The Morgan fingerprint density at radius 2 is 2.14 bits per heavy atom. The van der Waals surface area contributed by atoms with Crippen LogP contribution in [0.3, 0.4) is 0 Å². The largest absolute Gasteiger partial charge is 0.332 e. The predicted octanol–water partition coefficient (Wildman–Crippen LogP) is 1.45. The van der Waals surface area contributed by atoms with Crippen molar-refractivity contribution >= 4 is 17.2 Å². The van der Waals surface area contributed by atoms with Crippen LogP contribution in [0.15, 0.2) is 24.4 Å². The molecule has 0 spiro atoms. The molecule has 0 atom stereocenters. The van der Waals surface area contributed by atoms with Crippen molar-refractivity contribution in [2.45, 2.75) is 13.0 Å². The molecule has 4 rings (SSSR count). The van der Waals surface area contributed by atoms with Gasteiger partial charge in [-0.1, -0.05) is 0 Å². The summed E-state index contributed by atoms with van der Waals surface area (Å²) in [4.78, 5) is 16.1. The number of amides is 1. The van der Waals surface area contributed by atoms with E-state index in [1.807, 2.05) is 23.1 Å². The molecule has 106 valence electrons. The van der Waals surface area contributed by atoms with Crippen molar-refractivity contribution in [3.63, 3.8) is 0 Å². The standard InChI is InChI=1S/C13H12N6OS/c20-13(19-6-4-8-10(7-19)17-18-16-8)12-2-1-11(21-12)9-3-5-14-15-9/h1-3,5H,4,6-7H2,(H,14,15)(H,16,17,18). The summed E-state index contributed by atoms with van der Waals surface area (Å²) in [7, 11) is 0. The number of nitrogens with one attached hydrogen (secondary N) is 2. The Labute approximate surface area is 124 Å². The quantitative estimate of drug-likeness (QED) is 0.749. The van der Waals surface area contributed by atoms with E-state index in [0.29, 0.717) is 13.1 Å². The lowest BCUT2D eigenvalue weighted by Crippen LogP contribution is -2.35. The Morgan fingerprint density at radius 1 is 1.24 bits per heavy atom. The highest BCUT2D eigenvalue weighted by molar-refractivity contribution is 7.17. The van der Waals surface area contributed by atoms with Crippen LogP contribution in [-0.2, 0) is 13.0 Å². The molecule has 0 saturated carbocycles. The molecule has 1 aliphatic rings. The van der Waals surface area contributed by atoms with Crippen LogP contribution >= 0.6 is 11.3 Å². The Balaban J connectivity index is 1.56. The van der Waals surface area contributed by atoms with Gasteiger partial charge in [-0.25, -0.2) is 0 Å². The Kier molecular flexibility index (Phi) is 2.81. The molecule has 0 saturated heterocycles. The summed E-state index contributed by atoms with van der Waals surface area (Å²) < 4.78 is 0. The van der Waals surface area contributed by atoms with Gasteiger partial charge in [0, 0.05) is 19.2 Å². The molecule has 1 amide bonds. The van der Waals surface area contributed by atoms with Gasteiger partial charge in [-0.05, 0) is 18.2 Å². The number of hydrogen-bond donors (Lipinski definition) is 2.